The van der Waals surface area contributed by atoms with Gasteiger partial charge in [0.2, 0.25) is 0 Å². The summed E-state index contributed by atoms with van der Waals surface area (Å²) < 4.78 is 0. The summed E-state index contributed by atoms with van der Waals surface area (Å²) in [6.07, 6.45) is 11.9. The number of hydrogen-bond donors (Lipinski definition) is 3. The van der Waals surface area contributed by atoms with Gasteiger partial charge in [0.15, 0.2) is 5.78 Å². The van der Waals surface area contributed by atoms with Gasteiger partial charge in [0.1, 0.15) is 0 Å². The lowest BCUT2D eigenvalue weighted by Gasteiger charge is -2.71. The van der Waals surface area contributed by atoms with Crippen LogP contribution in [0.1, 0.15) is 93.2 Å². The van der Waals surface area contributed by atoms with E-state index < -0.39 is 22.5 Å². The molecule has 2 amide bonds. The van der Waals surface area contributed by atoms with Crippen LogP contribution in [-0.4, -0.2) is 45.2 Å². The molecule has 51 heavy (non-hydrogen) atoms. The third kappa shape index (κ3) is 5.11. The zero-order chi connectivity index (χ0) is 35.6. The second-order valence-electron chi connectivity index (χ2n) is 16.9. The predicted octanol–water partition coefficient (Wildman–Crippen LogP) is 8.43. The first-order chi connectivity index (χ1) is 24.4. The first-order valence-corrected chi connectivity index (χ1v) is 19.0. The second kappa shape index (κ2) is 12.3. The van der Waals surface area contributed by atoms with Crippen LogP contribution in [0.5, 0.6) is 0 Å². The second-order valence-corrected chi connectivity index (χ2v) is 16.9. The Morgan fingerprint density at radius 2 is 1.43 bits per heavy atom. The van der Waals surface area contributed by atoms with E-state index >= 15 is 0 Å². The summed E-state index contributed by atoms with van der Waals surface area (Å²) >= 11 is 0. The highest BCUT2D eigenvalue weighted by molar-refractivity contribution is 6.10. The van der Waals surface area contributed by atoms with Gasteiger partial charge in [-0.15, -0.1) is 0 Å². The number of urea groups is 1. The van der Waals surface area contributed by atoms with Gasteiger partial charge in [-0.1, -0.05) is 123 Å². The number of ketones is 1. The number of fused-ring (bicyclic) bond motifs is 1. The third-order valence-electron chi connectivity index (χ3n) is 14.6. The highest BCUT2D eigenvalue weighted by Gasteiger charge is 2.74. The number of rotatable bonds is 8. The van der Waals surface area contributed by atoms with E-state index in [1.54, 1.807) is 0 Å². The maximum absolute atomic E-state index is 14.8. The molecule has 9 unspecified atom stereocenters. The Kier molecular flexibility index (Phi) is 8.23. The molecule has 3 N–H and O–H groups in total. The number of carbonyl (C=O) groups is 2. The molecule has 6 aliphatic carbocycles. The minimum Gasteiger partial charge on any atom is -0.393 e. The number of allylic oxidation sites excluding steroid dienone is 4. The van der Waals surface area contributed by atoms with E-state index in [0.717, 1.165) is 48.8 Å². The van der Waals surface area contributed by atoms with Gasteiger partial charge in [-0.05, 0) is 80.2 Å². The van der Waals surface area contributed by atoms with Crippen molar-refractivity contribution in [3.8, 4) is 0 Å². The van der Waals surface area contributed by atoms with Gasteiger partial charge in [0.25, 0.3) is 0 Å². The first kappa shape index (κ1) is 34.1. The van der Waals surface area contributed by atoms with Crippen molar-refractivity contribution in [2.24, 2.45) is 33.5 Å². The van der Waals surface area contributed by atoms with Crippen LogP contribution in [0.4, 0.5) is 4.79 Å². The molecule has 2 bridgehead atoms. The molecule has 9 rings (SSSR count). The number of nitrogens with one attached hydrogen (secondary N) is 1. The molecule has 3 aromatic rings. The number of aliphatic hydroxyl groups excluding tert-OH is 1. The maximum atomic E-state index is 14.8. The summed E-state index contributed by atoms with van der Waals surface area (Å²) in [5.74, 6) is 0.285. The van der Waals surface area contributed by atoms with Crippen molar-refractivity contribution in [2.75, 3.05) is 6.54 Å². The zero-order valence-electron chi connectivity index (χ0n) is 30.2. The van der Waals surface area contributed by atoms with Crippen LogP contribution in [-0.2, 0) is 6.54 Å². The van der Waals surface area contributed by atoms with Crippen molar-refractivity contribution in [1.82, 2.24) is 10.2 Å². The van der Waals surface area contributed by atoms with Crippen LogP contribution in [0.15, 0.2) is 115 Å². The molecule has 0 aromatic heterocycles. The molecule has 3 fully saturated rings. The Hall–Kier alpha value is -4.00. The standard InChI is InChI=1S/C45H52N2O4/c1-31(33-15-9-5-10-16-33)46-40(50)47(29-32-13-7-4-8-14-32)30-44(51)24-21-38-42(44,3)23-20-37-41(2)22-19-35(48)27-43(41)25-26-45(37,38)36(28-43)39(49)34-17-11-6-12-18-34/h4-18,25-26,28,31,35,37-38,48,51H,19-24,27,29-30H2,1-3H3,(H,46,50). The van der Waals surface area contributed by atoms with Crippen molar-refractivity contribution >= 4 is 11.8 Å². The molecule has 0 aliphatic heterocycles. The van der Waals surface area contributed by atoms with Crippen molar-refractivity contribution in [3.05, 3.63) is 131 Å². The van der Waals surface area contributed by atoms with E-state index in [1.807, 2.05) is 103 Å². The summed E-state index contributed by atoms with van der Waals surface area (Å²) in [6, 6.07) is 29.2. The van der Waals surface area contributed by atoms with E-state index in [0.29, 0.717) is 24.9 Å². The van der Waals surface area contributed by atoms with E-state index in [2.05, 4.69) is 37.4 Å². The fourth-order valence-corrected chi connectivity index (χ4v) is 11.8. The average molecular weight is 685 g/mol. The normalized spacial score (nSPS) is 36.6. The molecule has 9 atom stereocenters. The highest BCUT2D eigenvalue weighted by Crippen LogP contribution is 2.78. The first-order valence-electron chi connectivity index (χ1n) is 19.0. The summed E-state index contributed by atoms with van der Waals surface area (Å²) in [5.41, 5.74) is 0.840. The van der Waals surface area contributed by atoms with Crippen molar-refractivity contribution in [1.29, 1.82) is 0 Å². The summed E-state index contributed by atoms with van der Waals surface area (Å²) in [6.45, 7) is 7.22. The Morgan fingerprint density at radius 3 is 2.14 bits per heavy atom. The van der Waals surface area contributed by atoms with Crippen molar-refractivity contribution < 1.29 is 19.8 Å². The van der Waals surface area contributed by atoms with Gasteiger partial charge >= 0.3 is 6.03 Å². The van der Waals surface area contributed by atoms with Gasteiger partial charge in [-0.25, -0.2) is 4.79 Å². The highest BCUT2D eigenvalue weighted by atomic mass is 16.3. The molecule has 0 heterocycles. The van der Waals surface area contributed by atoms with E-state index in [9.17, 15) is 19.8 Å². The largest absolute Gasteiger partial charge is 0.393 e. The van der Waals surface area contributed by atoms with Gasteiger partial charge in [0, 0.05) is 33.9 Å². The summed E-state index contributed by atoms with van der Waals surface area (Å²) in [7, 11) is 0. The van der Waals surface area contributed by atoms with Crippen LogP contribution in [0.2, 0.25) is 0 Å². The Bertz CT molecular complexity index is 1860. The summed E-state index contributed by atoms with van der Waals surface area (Å²) in [4.78, 5) is 30.8. The van der Waals surface area contributed by atoms with Crippen molar-refractivity contribution in [3.63, 3.8) is 0 Å². The monoisotopic (exact) mass is 684 g/mol. The van der Waals surface area contributed by atoms with Crippen LogP contribution in [0.3, 0.4) is 0 Å². The maximum Gasteiger partial charge on any atom is 0.318 e. The lowest BCUT2D eigenvalue weighted by atomic mass is 9.32. The number of hydrogen-bond acceptors (Lipinski definition) is 4. The molecule has 3 saturated carbocycles. The van der Waals surface area contributed by atoms with E-state index in [-0.39, 0.29) is 47.1 Å². The number of Topliss-reactive ketones (excluding diaryl/α,β-unsaturated/α-hetero) is 1. The molecule has 3 aromatic carbocycles. The molecule has 0 saturated heterocycles. The Labute approximate surface area is 302 Å². The van der Waals surface area contributed by atoms with E-state index in [4.69, 9.17) is 0 Å². The summed E-state index contributed by atoms with van der Waals surface area (Å²) in [5, 5.41) is 27.3. The number of aliphatic hydroxyl groups is 2. The van der Waals surface area contributed by atoms with Crippen LogP contribution in [0.25, 0.3) is 0 Å². The lowest BCUT2D eigenvalue weighted by molar-refractivity contribution is -0.174. The fraction of sp³-hybridized carbons (Fsp3) is 0.467. The molecule has 266 valence electrons. The molecular formula is C45H52N2O4. The molecule has 2 spiro atoms. The zero-order valence-corrected chi connectivity index (χ0v) is 30.2. The quantitative estimate of drug-likeness (QED) is 0.164. The minimum atomic E-state index is -1.16. The molecular weight excluding hydrogens is 633 g/mol. The van der Waals surface area contributed by atoms with E-state index in [1.165, 1.54) is 0 Å². The van der Waals surface area contributed by atoms with Gasteiger partial charge in [-0.2, -0.15) is 0 Å². The van der Waals surface area contributed by atoms with Crippen LogP contribution >= 0.6 is 0 Å². The smallest absolute Gasteiger partial charge is 0.318 e. The van der Waals surface area contributed by atoms with Crippen LogP contribution < -0.4 is 5.32 Å². The van der Waals surface area contributed by atoms with Gasteiger partial charge in [0.05, 0.1) is 24.3 Å². The van der Waals surface area contributed by atoms with Gasteiger partial charge < -0.3 is 20.4 Å². The SMILES string of the molecule is CC(NC(=O)N(Cc1ccccc1)CC1(O)CCC2C34C=CC5(C=C3C(=O)c3ccccc3)CC(O)CCC5(C)C4CCC21C)c1ccccc1. The Balaban J connectivity index is 1.17. The Morgan fingerprint density at radius 1 is 0.824 bits per heavy atom. The number of benzene rings is 3. The number of amides is 2. The molecule has 6 heteroatoms. The molecule has 6 nitrogen and oxygen atoms in total. The molecule has 6 aliphatic rings. The molecule has 0 radical (unpaired) electrons. The van der Waals surface area contributed by atoms with Gasteiger partial charge in [-0.3, -0.25) is 4.79 Å². The third-order valence-corrected chi connectivity index (χ3v) is 14.6. The topological polar surface area (TPSA) is 89.9 Å². The average Bonchev–Trinajstić information content (AvgIpc) is 3.41. The number of nitrogens with zero attached hydrogens (tertiary/aromatic N) is 1. The predicted molar refractivity (Wildman–Crippen MR) is 200 cm³/mol. The minimum absolute atomic E-state index is 0.00997. The fourth-order valence-electron chi connectivity index (χ4n) is 11.8. The van der Waals surface area contributed by atoms with Crippen molar-refractivity contribution in [2.45, 2.75) is 90.0 Å². The lowest BCUT2D eigenvalue weighted by Crippen LogP contribution is -2.67. The van der Waals surface area contributed by atoms with Crippen LogP contribution in [0, 0.1) is 33.5 Å². The number of carbonyl (C=O) groups excluding carboxylic acids is 2.